The van der Waals surface area contributed by atoms with Crippen LogP contribution in [0.25, 0.3) is 11.1 Å². The summed E-state index contributed by atoms with van der Waals surface area (Å²) in [6, 6.07) is 2.86. The Morgan fingerprint density at radius 2 is 1.68 bits per heavy atom. The molecule has 2 saturated heterocycles. The Hall–Kier alpha value is -3.56. The van der Waals surface area contributed by atoms with Gasteiger partial charge in [0.25, 0.3) is 0 Å². The van der Waals surface area contributed by atoms with Crippen LogP contribution in [0.1, 0.15) is 19.3 Å². The number of amides is 4. The molecule has 2 fully saturated rings. The summed E-state index contributed by atoms with van der Waals surface area (Å²) < 4.78 is 5.89. The third-order valence-corrected chi connectivity index (χ3v) is 5.75. The van der Waals surface area contributed by atoms with Gasteiger partial charge in [0, 0.05) is 70.4 Å². The largest absolute Gasteiger partial charge is 0.460 e. The van der Waals surface area contributed by atoms with Gasteiger partial charge in [-0.1, -0.05) is 0 Å². The van der Waals surface area contributed by atoms with E-state index in [2.05, 4.69) is 15.0 Å². The van der Waals surface area contributed by atoms with E-state index in [-0.39, 0.29) is 24.3 Å². The second kappa shape index (κ2) is 8.66. The fraction of sp³-hybridized carbons (Fsp3) is 0.429. The summed E-state index contributed by atoms with van der Waals surface area (Å²) in [5.41, 5.74) is 1.85. The molecule has 0 saturated carbocycles. The zero-order valence-corrected chi connectivity index (χ0v) is 17.5. The zero-order chi connectivity index (χ0) is 22.0. The van der Waals surface area contributed by atoms with Crippen molar-refractivity contribution in [1.82, 2.24) is 29.7 Å². The highest BCUT2D eigenvalue weighted by Gasteiger charge is 2.40. The Morgan fingerprint density at radius 1 is 1.03 bits per heavy atom. The van der Waals surface area contributed by atoms with Crippen molar-refractivity contribution in [3.63, 3.8) is 0 Å². The first kappa shape index (κ1) is 20.7. The maximum Gasteiger partial charge on any atom is 0.326 e. The number of rotatable bonds is 4. The number of pyridine rings is 1. The predicted octanol–water partition coefficient (Wildman–Crippen LogP) is 1.19. The molecule has 0 aliphatic carbocycles. The number of urea groups is 1. The van der Waals surface area contributed by atoms with E-state index >= 15 is 0 Å². The predicted molar refractivity (Wildman–Crippen MR) is 110 cm³/mol. The molecule has 0 radical (unpaired) electrons. The summed E-state index contributed by atoms with van der Waals surface area (Å²) in [5, 5.41) is 0. The number of carbonyl (C=O) groups is 3. The van der Waals surface area contributed by atoms with Crippen LogP contribution in [0.4, 0.5) is 4.79 Å². The van der Waals surface area contributed by atoms with Crippen molar-refractivity contribution < 1.29 is 19.1 Å². The lowest BCUT2D eigenvalue weighted by Gasteiger charge is -2.39. The third-order valence-electron chi connectivity index (χ3n) is 5.75. The van der Waals surface area contributed by atoms with Gasteiger partial charge in [-0.3, -0.25) is 19.5 Å². The summed E-state index contributed by atoms with van der Waals surface area (Å²) in [6.45, 7) is 0.975. The molecule has 0 spiro atoms. The van der Waals surface area contributed by atoms with Crippen molar-refractivity contribution in [2.24, 2.45) is 0 Å². The van der Waals surface area contributed by atoms with Crippen LogP contribution in [0.5, 0.6) is 6.01 Å². The van der Waals surface area contributed by atoms with Crippen molar-refractivity contribution in [2.45, 2.75) is 31.4 Å². The number of ether oxygens (including phenoxy) is 1. The first-order valence-corrected chi connectivity index (χ1v) is 10.2. The first-order valence-electron chi connectivity index (χ1n) is 10.2. The molecule has 0 aromatic carbocycles. The van der Waals surface area contributed by atoms with E-state index < -0.39 is 12.1 Å². The molecule has 10 heteroatoms. The molecule has 1 unspecified atom stereocenters. The van der Waals surface area contributed by atoms with E-state index in [1.165, 1.54) is 11.9 Å². The van der Waals surface area contributed by atoms with Crippen LogP contribution in [0.15, 0.2) is 36.9 Å². The number of aromatic nitrogens is 3. The van der Waals surface area contributed by atoms with Crippen LogP contribution in [0.2, 0.25) is 0 Å². The van der Waals surface area contributed by atoms with Gasteiger partial charge < -0.3 is 14.5 Å². The molecular formula is C21H24N6O4. The fourth-order valence-corrected chi connectivity index (χ4v) is 3.79. The molecular weight excluding hydrogens is 400 g/mol. The van der Waals surface area contributed by atoms with Gasteiger partial charge in [-0.2, -0.15) is 0 Å². The van der Waals surface area contributed by atoms with Gasteiger partial charge >= 0.3 is 12.0 Å². The minimum atomic E-state index is -0.752. The minimum Gasteiger partial charge on any atom is -0.460 e. The third kappa shape index (κ3) is 4.32. The number of carbonyl (C=O) groups excluding carboxylic acids is 3. The normalized spacial score (nSPS) is 20.2. The lowest BCUT2D eigenvalue weighted by molar-refractivity contribution is -0.144. The highest BCUT2D eigenvalue weighted by atomic mass is 16.5. The lowest BCUT2D eigenvalue weighted by atomic mass is 10.0. The Balaban J connectivity index is 1.31. The summed E-state index contributed by atoms with van der Waals surface area (Å²) in [5.74, 6) is -0.541. The number of likely N-dealkylation sites (tertiary alicyclic amines) is 1. The summed E-state index contributed by atoms with van der Waals surface area (Å²) >= 11 is 0. The first-order chi connectivity index (χ1) is 14.9. The van der Waals surface area contributed by atoms with E-state index in [1.54, 1.807) is 36.7 Å². The van der Waals surface area contributed by atoms with E-state index in [1.807, 2.05) is 12.1 Å². The van der Waals surface area contributed by atoms with E-state index in [0.29, 0.717) is 31.9 Å². The van der Waals surface area contributed by atoms with Crippen molar-refractivity contribution >= 4 is 17.8 Å². The molecule has 2 aliphatic rings. The van der Waals surface area contributed by atoms with E-state index in [0.717, 1.165) is 16.0 Å². The lowest BCUT2D eigenvalue weighted by Crippen LogP contribution is -2.60. The van der Waals surface area contributed by atoms with Crippen molar-refractivity contribution in [3.8, 4) is 17.1 Å². The number of nitrogens with zero attached hydrogens (tertiary/aromatic N) is 6. The maximum absolute atomic E-state index is 12.9. The summed E-state index contributed by atoms with van der Waals surface area (Å²) in [7, 11) is 2.98. The number of hydrogen-bond acceptors (Lipinski definition) is 7. The SMILES string of the molecule is CN1C(=O)CC(C(=O)N2CCC(Oc3ncc(-c4ccncc4)cn3)CC2)N(C)C1=O. The van der Waals surface area contributed by atoms with Gasteiger partial charge in [-0.25, -0.2) is 14.8 Å². The molecule has 4 heterocycles. The van der Waals surface area contributed by atoms with Gasteiger partial charge in [0.2, 0.25) is 11.8 Å². The monoisotopic (exact) mass is 424 g/mol. The summed E-state index contributed by atoms with van der Waals surface area (Å²) in [6.07, 6.45) is 7.99. The Kier molecular flexibility index (Phi) is 5.79. The van der Waals surface area contributed by atoms with Crippen LogP contribution in [-0.4, -0.2) is 86.8 Å². The number of hydrogen-bond donors (Lipinski definition) is 0. The van der Waals surface area contributed by atoms with Gasteiger partial charge in [0.05, 0.1) is 6.42 Å². The molecule has 2 aromatic rings. The molecule has 2 aromatic heterocycles. The zero-order valence-electron chi connectivity index (χ0n) is 17.5. The van der Waals surface area contributed by atoms with Gasteiger partial charge in [0.1, 0.15) is 12.1 Å². The van der Waals surface area contributed by atoms with E-state index in [4.69, 9.17) is 4.74 Å². The Bertz CT molecular complexity index is 960. The summed E-state index contributed by atoms with van der Waals surface area (Å²) in [4.78, 5) is 53.7. The molecule has 1 atom stereocenters. The molecule has 0 N–H and O–H groups in total. The van der Waals surface area contributed by atoms with Crippen LogP contribution in [0, 0.1) is 0 Å². The molecule has 4 amide bonds. The molecule has 10 nitrogen and oxygen atoms in total. The van der Waals surface area contributed by atoms with Crippen LogP contribution in [0.3, 0.4) is 0 Å². The number of likely N-dealkylation sites (N-methyl/N-ethyl adjacent to an activating group) is 1. The Labute approximate surface area is 179 Å². The highest BCUT2D eigenvalue weighted by Crippen LogP contribution is 2.22. The maximum atomic E-state index is 12.9. The molecule has 31 heavy (non-hydrogen) atoms. The molecule has 162 valence electrons. The quantitative estimate of drug-likeness (QED) is 0.725. The van der Waals surface area contributed by atoms with Gasteiger partial charge in [-0.15, -0.1) is 0 Å². The van der Waals surface area contributed by atoms with Gasteiger partial charge in [-0.05, 0) is 17.7 Å². The van der Waals surface area contributed by atoms with Crippen molar-refractivity contribution in [3.05, 3.63) is 36.9 Å². The molecule has 0 bridgehead atoms. The smallest absolute Gasteiger partial charge is 0.326 e. The Morgan fingerprint density at radius 3 is 2.32 bits per heavy atom. The minimum absolute atomic E-state index is 0.00562. The second-order valence-electron chi connectivity index (χ2n) is 7.70. The van der Waals surface area contributed by atoms with Crippen LogP contribution < -0.4 is 4.74 Å². The number of piperidine rings is 1. The average Bonchev–Trinajstić information content (AvgIpc) is 2.81. The standard InChI is InChI=1S/C21H24N6O4/c1-25-17(11-18(28)26(2)21(25)30)19(29)27-9-5-16(6-10-27)31-20-23-12-15(13-24-20)14-3-7-22-8-4-14/h3-4,7-8,12-13,16-17H,5-6,9-11H2,1-2H3. The van der Waals surface area contributed by atoms with Crippen molar-refractivity contribution in [1.29, 1.82) is 0 Å². The van der Waals surface area contributed by atoms with Crippen LogP contribution in [-0.2, 0) is 9.59 Å². The molecule has 2 aliphatic heterocycles. The van der Waals surface area contributed by atoms with E-state index in [9.17, 15) is 14.4 Å². The fourth-order valence-electron chi connectivity index (χ4n) is 3.79. The molecule has 4 rings (SSSR count). The van der Waals surface area contributed by atoms with Crippen molar-refractivity contribution in [2.75, 3.05) is 27.2 Å². The number of imide groups is 1. The average molecular weight is 424 g/mol. The van der Waals surface area contributed by atoms with Crippen LogP contribution >= 0.6 is 0 Å². The topological polar surface area (TPSA) is 109 Å². The second-order valence-corrected chi connectivity index (χ2v) is 7.70. The van der Waals surface area contributed by atoms with Gasteiger partial charge in [0.15, 0.2) is 0 Å². The highest BCUT2D eigenvalue weighted by molar-refractivity contribution is 6.02.